The van der Waals surface area contributed by atoms with Crippen LogP contribution in [0.15, 0.2) is 17.7 Å². The molecule has 21 heavy (non-hydrogen) atoms. The number of rotatable bonds is 5. The molecule has 0 bridgehead atoms. The van der Waals surface area contributed by atoms with Crippen LogP contribution in [0.25, 0.3) is 11.9 Å². The molecule has 2 aromatic rings. The van der Waals surface area contributed by atoms with E-state index in [4.69, 9.17) is 5.11 Å². The Hall–Kier alpha value is -2.30. The molecule has 2 rings (SSSR count). The van der Waals surface area contributed by atoms with Crippen LogP contribution in [-0.4, -0.2) is 25.6 Å². The van der Waals surface area contributed by atoms with Crippen molar-refractivity contribution in [2.45, 2.75) is 40.5 Å². The Bertz CT molecular complexity index is 673. The highest BCUT2D eigenvalue weighted by Crippen LogP contribution is 2.21. The smallest absolute Gasteiger partial charge is 0.331 e. The molecule has 0 saturated carbocycles. The molecule has 2 N–H and O–H groups in total. The van der Waals surface area contributed by atoms with E-state index in [0.717, 1.165) is 41.6 Å². The van der Waals surface area contributed by atoms with Crippen LogP contribution in [-0.2, 0) is 11.2 Å². The van der Waals surface area contributed by atoms with Gasteiger partial charge in [0.15, 0.2) is 5.82 Å². The van der Waals surface area contributed by atoms with Crippen LogP contribution in [0, 0.1) is 13.8 Å². The van der Waals surface area contributed by atoms with E-state index < -0.39 is 5.97 Å². The fraction of sp³-hybridized carbons (Fsp3) is 0.375. The lowest BCUT2D eigenvalue weighted by Gasteiger charge is -2.07. The first-order chi connectivity index (χ1) is 9.93. The fourth-order valence-corrected chi connectivity index (χ4v) is 2.33. The van der Waals surface area contributed by atoms with Gasteiger partial charge in [-0.1, -0.05) is 6.92 Å². The normalized spacial score (nSPS) is 11.9. The maximum absolute atomic E-state index is 11.1. The van der Waals surface area contributed by atoms with Crippen molar-refractivity contribution in [2.75, 3.05) is 0 Å². The summed E-state index contributed by atoms with van der Waals surface area (Å²) in [4.78, 5) is 18.9. The summed E-state index contributed by atoms with van der Waals surface area (Å²) in [5, 5.41) is 9.07. The summed E-state index contributed by atoms with van der Waals surface area (Å²) in [6, 6.07) is 4.06. The van der Waals surface area contributed by atoms with Crippen molar-refractivity contribution in [2.24, 2.45) is 0 Å². The van der Waals surface area contributed by atoms with Crippen LogP contribution < -0.4 is 0 Å². The monoisotopic (exact) mass is 287 g/mol. The minimum Gasteiger partial charge on any atom is -0.478 e. The molecule has 0 unspecified atom stereocenters. The largest absolute Gasteiger partial charge is 0.478 e. The predicted octanol–water partition coefficient (Wildman–Crippen LogP) is 3.26. The molecule has 0 amide bonds. The van der Waals surface area contributed by atoms with E-state index in [1.165, 1.54) is 0 Å². The minimum atomic E-state index is -0.923. The van der Waals surface area contributed by atoms with Crippen molar-refractivity contribution in [3.05, 3.63) is 40.6 Å². The molecule has 0 spiro atoms. The molecular formula is C16H21N3O2. The SMILES string of the molecule is CCCc1nc(-n2c(C)ccc2C)c(/C=C(\C)C(=O)O)[nH]1. The lowest BCUT2D eigenvalue weighted by atomic mass is 10.2. The number of aliphatic carboxylic acids is 1. The maximum Gasteiger partial charge on any atom is 0.331 e. The van der Waals surface area contributed by atoms with Crippen molar-refractivity contribution >= 4 is 12.0 Å². The molecule has 5 nitrogen and oxygen atoms in total. The van der Waals surface area contributed by atoms with Gasteiger partial charge in [-0.25, -0.2) is 9.78 Å². The Labute approximate surface area is 124 Å². The van der Waals surface area contributed by atoms with Crippen LogP contribution in [0.1, 0.15) is 43.2 Å². The maximum atomic E-state index is 11.1. The van der Waals surface area contributed by atoms with Crippen molar-refractivity contribution in [3.63, 3.8) is 0 Å². The average molecular weight is 287 g/mol. The predicted molar refractivity (Wildman–Crippen MR) is 82.7 cm³/mol. The highest BCUT2D eigenvalue weighted by Gasteiger charge is 2.14. The molecule has 2 aromatic heterocycles. The topological polar surface area (TPSA) is 70.9 Å². The lowest BCUT2D eigenvalue weighted by molar-refractivity contribution is -0.132. The van der Waals surface area contributed by atoms with E-state index >= 15 is 0 Å². The van der Waals surface area contributed by atoms with Crippen molar-refractivity contribution in [1.82, 2.24) is 14.5 Å². The first kappa shape index (κ1) is 15.1. The second-order valence-electron chi connectivity index (χ2n) is 5.25. The van der Waals surface area contributed by atoms with Crippen LogP contribution in [0.3, 0.4) is 0 Å². The lowest BCUT2D eigenvalue weighted by Crippen LogP contribution is -2.02. The van der Waals surface area contributed by atoms with Gasteiger partial charge in [-0.05, 0) is 45.4 Å². The Morgan fingerprint density at radius 1 is 1.38 bits per heavy atom. The van der Waals surface area contributed by atoms with E-state index in [-0.39, 0.29) is 5.57 Å². The van der Waals surface area contributed by atoms with E-state index in [1.807, 2.05) is 30.5 Å². The number of carboxylic acids is 1. The third kappa shape index (κ3) is 3.07. The van der Waals surface area contributed by atoms with Gasteiger partial charge in [0.05, 0.1) is 5.69 Å². The zero-order valence-electron chi connectivity index (χ0n) is 12.9. The van der Waals surface area contributed by atoms with E-state index in [2.05, 4.69) is 16.9 Å². The molecule has 0 aliphatic rings. The molecule has 5 heteroatoms. The number of aryl methyl sites for hydroxylation is 3. The Morgan fingerprint density at radius 2 is 2.00 bits per heavy atom. The second kappa shape index (κ2) is 5.99. The van der Waals surface area contributed by atoms with Crippen molar-refractivity contribution in [1.29, 1.82) is 0 Å². The van der Waals surface area contributed by atoms with Gasteiger partial charge in [0.1, 0.15) is 5.82 Å². The number of hydrogen-bond donors (Lipinski definition) is 2. The number of nitrogens with zero attached hydrogens (tertiary/aromatic N) is 2. The fourth-order valence-electron chi connectivity index (χ4n) is 2.33. The van der Waals surface area contributed by atoms with Gasteiger partial charge in [-0.15, -0.1) is 0 Å². The molecule has 0 fully saturated rings. The van der Waals surface area contributed by atoms with E-state index in [9.17, 15) is 4.79 Å². The minimum absolute atomic E-state index is 0.283. The quantitative estimate of drug-likeness (QED) is 0.829. The third-order valence-corrected chi connectivity index (χ3v) is 3.43. The third-order valence-electron chi connectivity index (χ3n) is 3.43. The summed E-state index contributed by atoms with van der Waals surface area (Å²) in [7, 11) is 0. The average Bonchev–Trinajstić information content (AvgIpc) is 2.94. The number of hydrogen-bond acceptors (Lipinski definition) is 2. The summed E-state index contributed by atoms with van der Waals surface area (Å²) in [5.41, 5.74) is 3.17. The van der Waals surface area contributed by atoms with E-state index in [0.29, 0.717) is 0 Å². The first-order valence-corrected chi connectivity index (χ1v) is 7.09. The molecule has 0 aliphatic carbocycles. The molecule has 112 valence electrons. The summed E-state index contributed by atoms with van der Waals surface area (Å²) in [5.74, 6) is 0.719. The summed E-state index contributed by atoms with van der Waals surface area (Å²) < 4.78 is 2.04. The number of carbonyl (C=O) groups is 1. The van der Waals surface area contributed by atoms with E-state index in [1.54, 1.807) is 13.0 Å². The number of aromatic amines is 1. The molecule has 2 heterocycles. The summed E-state index contributed by atoms with van der Waals surface area (Å²) in [6.45, 7) is 7.70. The molecular weight excluding hydrogens is 266 g/mol. The summed E-state index contributed by atoms with van der Waals surface area (Å²) >= 11 is 0. The number of aromatic nitrogens is 3. The molecule has 0 saturated heterocycles. The zero-order valence-corrected chi connectivity index (χ0v) is 12.9. The standard InChI is InChI=1S/C16H21N3O2/c1-5-6-14-17-13(9-10(2)16(20)21)15(18-14)19-11(3)7-8-12(19)4/h7-9H,5-6H2,1-4H3,(H,17,18)(H,20,21)/b10-9+. The highest BCUT2D eigenvalue weighted by atomic mass is 16.4. The van der Waals surface area contributed by atoms with Crippen LogP contribution in [0.2, 0.25) is 0 Å². The molecule has 0 aliphatic heterocycles. The molecule has 0 atom stereocenters. The highest BCUT2D eigenvalue weighted by molar-refractivity contribution is 5.91. The number of imidazole rings is 1. The molecule has 0 aromatic carbocycles. The van der Waals surface area contributed by atoms with Crippen LogP contribution in [0.4, 0.5) is 0 Å². The number of nitrogens with one attached hydrogen (secondary N) is 1. The van der Waals surface area contributed by atoms with Gasteiger partial charge in [0.2, 0.25) is 0 Å². The molecule has 0 radical (unpaired) electrons. The van der Waals surface area contributed by atoms with Gasteiger partial charge in [-0.2, -0.15) is 0 Å². The van der Waals surface area contributed by atoms with Crippen molar-refractivity contribution < 1.29 is 9.90 Å². The number of carboxylic acid groups (broad SMARTS) is 1. The first-order valence-electron chi connectivity index (χ1n) is 7.09. The Morgan fingerprint density at radius 3 is 2.52 bits per heavy atom. The second-order valence-corrected chi connectivity index (χ2v) is 5.25. The van der Waals surface area contributed by atoms with Crippen LogP contribution in [0.5, 0.6) is 0 Å². The summed E-state index contributed by atoms with van der Waals surface area (Å²) in [6.07, 6.45) is 3.46. The van der Waals surface area contributed by atoms with Gasteiger partial charge < -0.3 is 14.7 Å². The van der Waals surface area contributed by atoms with Gasteiger partial charge >= 0.3 is 5.97 Å². The Kier molecular flexibility index (Phi) is 4.31. The number of H-pyrrole nitrogens is 1. The van der Waals surface area contributed by atoms with Gasteiger partial charge in [0.25, 0.3) is 0 Å². The van der Waals surface area contributed by atoms with Gasteiger partial charge in [-0.3, -0.25) is 0 Å². The van der Waals surface area contributed by atoms with Gasteiger partial charge in [0, 0.05) is 23.4 Å². The Balaban J connectivity index is 2.59. The zero-order chi connectivity index (χ0) is 15.6. The van der Waals surface area contributed by atoms with Crippen molar-refractivity contribution in [3.8, 4) is 5.82 Å². The van der Waals surface area contributed by atoms with Crippen LogP contribution >= 0.6 is 0 Å².